The van der Waals surface area contributed by atoms with Gasteiger partial charge in [-0.2, -0.15) is 4.31 Å². The Bertz CT molecular complexity index is 854. The fraction of sp³-hybridized carbons (Fsp3) is 0.278. The van der Waals surface area contributed by atoms with Gasteiger partial charge in [0.1, 0.15) is 5.75 Å². The monoisotopic (exact) mass is 396 g/mol. The van der Waals surface area contributed by atoms with Crippen LogP contribution in [-0.4, -0.2) is 45.1 Å². The standard InChI is InChI=1S/C18H21ClN2O4S/c1-25-17-8-6-14(7-9-17)10-11-21(26(2,23)24)13-18(22)20-16-5-3-4-15(19)12-16/h3-9,12H,10-11,13H2,1-2H3,(H,20,22). The van der Waals surface area contributed by atoms with Crippen LogP contribution in [0.15, 0.2) is 48.5 Å². The maximum Gasteiger partial charge on any atom is 0.239 e. The lowest BCUT2D eigenvalue weighted by molar-refractivity contribution is -0.116. The zero-order valence-electron chi connectivity index (χ0n) is 14.6. The molecule has 0 bridgehead atoms. The number of benzene rings is 2. The quantitative estimate of drug-likeness (QED) is 0.744. The van der Waals surface area contributed by atoms with Gasteiger partial charge in [-0.05, 0) is 42.3 Å². The molecule has 8 heteroatoms. The molecule has 0 saturated heterocycles. The number of hydrogen-bond acceptors (Lipinski definition) is 4. The largest absolute Gasteiger partial charge is 0.497 e. The lowest BCUT2D eigenvalue weighted by atomic mass is 10.1. The molecular formula is C18H21ClN2O4S. The van der Waals surface area contributed by atoms with Crippen LogP contribution in [0.25, 0.3) is 0 Å². The molecule has 140 valence electrons. The van der Waals surface area contributed by atoms with E-state index in [1.165, 1.54) is 0 Å². The minimum Gasteiger partial charge on any atom is -0.497 e. The summed E-state index contributed by atoms with van der Waals surface area (Å²) in [7, 11) is -1.94. The smallest absolute Gasteiger partial charge is 0.239 e. The number of carbonyl (C=O) groups excluding carboxylic acids is 1. The highest BCUT2D eigenvalue weighted by Crippen LogP contribution is 2.15. The van der Waals surface area contributed by atoms with Gasteiger partial charge in [0, 0.05) is 17.3 Å². The van der Waals surface area contributed by atoms with Crippen molar-refractivity contribution < 1.29 is 17.9 Å². The molecule has 0 aliphatic carbocycles. The Morgan fingerprint density at radius 3 is 2.46 bits per heavy atom. The summed E-state index contributed by atoms with van der Waals surface area (Å²) >= 11 is 5.88. The molecule has 0 saturated carbocycles. The lowest BCUT2D eigenvalue weighted by Gasteiger charge is -2.19. The van der Waals surface area contributed by atoms with Crippen LogP contribution in [0.4, 0.5) is 5.69 Å². The molecule has 0 heterocycles. The van der Waals surface area contributed by atoms with E-state index in [2.05, 4.69) is 5.32 Å². The summed E-state index contributed by atoms with van der Waals surface area (Å²) in [6.07, 6.45) is 1.58. The summed E-state index contributed by atoms with van der Waals surface area (Å²) < 4.78 is 30.2. The highest BCUT2D eigenvalue weighted by molar-refractivity contribution is 7.88. The Hall–Kier alpha value is -2.09. The van der Waals surface area contributed by atoms with Crippen LogP contribution in [0.2, 0.25) is 5.02 Å². The molecule has 0 aliphatic heterocycles. The van der Waals surface area contributed by atoms with E-state index in [1.54, 1.807) is 31.4 Å². The molecule has 0 unspecified atom stereocenters. The van der Waals surface area contributed by atoms with Crippen LogP contribution in [0.1, 0.15) is 5.56 Å². The van der Waals surface area contributed by atoms with E-state index < -0.39 is 15.9 Å². The van der Waals surface area contributed by atoms with E-state index in [9.17, 15) is 13.2 Å². The van der Waals surface area contributed by atoms with Crippen LogP contribution in [-0.2, 0) is 21.2 Å². The van der Waals surface area contributed by atoms with E-state index in [4.69, 9.17) is 16.3 Å². The zero-order chi connectivity index (χ0) is 19.2. The highest BCUT2D eigenvalue weighted by atomic mass is 35.5. The highest BCUT2D eigenvalue weighted by Gasteiger charge is 2.20. The predicted molar refractivity (Wildman–Crippen MR) is 103 cm³/mol. The first-order chi connectivity index (χ1) is 12.3. The summed E-state index contributed by atoms with van der Waals surface area (Å²) in [5, 5.41) is 3.14. The Labute approximate surface area is 158 Å². The molecule has 26 heavy (non-hydrogen) atoms. The van der Waals surface area contributed by atoms with Gasteiger partial charge in [0.15, 0.2) is 0 Å². The molecule has 0 radical (unpaired) electrons. The Morgan fingerprint density at radius 2 is 1.88 bits per heavy atom. The molecule has 2 aromatic carbocycles. The molecule has 1 amide bonds. The van der Waals surface area contributed by atoms with Gasteiger partial charge in [0.25, 0.3) is 0 Å². The molecule has 6 nitrogen and oxygen atoms in total. The molecule has 0 aliphatic rings. The molecular weight excluding hydrogens is 376 g/mol. The van der Waals surface area contributed by atoms with Crippen molar-refractivity contribution in [2.75, 3.05) is 31.8 Å². The first-order valence-electron chi connectivity index (χ1n) is 7.91. The van der Waals surface area contributed by atoms with E-state index in [0.29, 0.717) is 17.1 Å². The first-order valence-corrected chi connectivity index (χ1v) is 10.1. The Balaban J connectivity index is 1.99. The molecule has 1 N–H and O–H groups in total. The average Bonchev–Trinajstić information content (AvgIpc) is 2.58. The van der Waals surface area contributed by atoms with Crippen molar-refractivity contribution in [1.29, 1.82) is 0 Å². The fourth-order valence-electron chi connectivity index (χ4n) is 2.34. The van der Waals surface area contributed by atoms with E-state index >= 15 is 0 Å². The van der Waals surface area contributed by atoms with Gasteiger partial charge in [-0.1, -0.05) is 29.8 Å². The lowest BCUT2D eigenvalue weighted by Crippen LogP contribution is -2.38. The average molecular weight is 397 g/mol. The molecule has 0 fully saturated rings. The van der Waals surface area contributed by atoms with Crippen molar-refractivity contribution >= 4 is 33.2 Å². The van der Waals surface area contributed by atoms with Crippen molar-refractivity contribution in [2.45, 2.75) is 6.42 Å². The summed E-state index contributed by atoms with van der Waals surface area (Å²) in [5.74, 6) is 0.307. The number of sulfonamides is 1. The Morgan fingerprint density at radius 1 is 1.19 bits per heavy atom. The van der Waals surface area contributed by atoms with Gasteiger partial charge in [0.05, 0.1) is 19.9 Å². The van der Waals surface area contributed by atoms with Gasteiger partial charge in [-0.3, -0.25) is 4.79 Å². The van der Waals surface area contributed by atoms with Gasteiger partial charge in [0.2, 0.25) is 15.9 Å². The number of methoxy groups -OCH3 is 1. The number of nitrogens with zero attached hydrogens (tertiary/aromatic N) is 1. The van der Waals surface area contributed by atoms with Crippen molar-refractivity contribution in [2.24, 2.45) is 0 Å². The number of amides is 1. The SMILES string of the molecule is COc1ccc(CCN(CC(=O)Nc2cccc(Cl)c2)S(C)(=O)=O)cc1. The minimum atomic E-state index is -3.52. The molecule has 0 spiro atoms. The Kier molecular flexibility index (Phi) is 7.02. The normalized spacial score (nSPS) is 11.4. The summed E-state index contributed by atoms with van der Waals surface area (Å²) in [6, 6.07) is 14.0. The fourth-order valence-corrected chi connectivity index (χ4v) is 3.30. The summed E-state index contributed by atoms with van der Waals surface area (Å²) in [5.41, 5.74) is 1.47. The van der Waals surface area contributed by atoms with Crippen molar-refractivity contribution in [3.8, 4) is 5.75 Å². The first kappa shape index (κ1) is 20.2. The number of ether oxygens (including phenoxy) is 1. The number of hydrogen-bond donors (Lipinski definition) is 1. The van der Waals surface area contributed by atoms with Crippen LogP contribution >= 0.6 is 11.6 Å². The minimum absolute atomic E-state index is 0.203. The van der Waals surface area contributed by atoms with Gasteiger partial charge in [-0.15, -0.1) is 0 Å². The zero-order valence-corrected chi connectivity index (χ0v) is 16.2. The third kappa shape index (κ3) is 6.33. The summed E-state index contributed by atoms with van der Waals surface area (Å²) in [6.45, 7) is -0.0599. The third-order valence-corrected chi connectivity index (χ3v) is 5.19. The van der Waals surface area contributed by atoms with Crippen LogP contribution in [0, 0.1) is 0 Å². The number of halogens is 1. The van der Waals surface area contributed by atoms with Crippen molar-refractivity contribution in [3.05, 3.63) is 59.1 Å². The second-order valence-corrected chi connectivity index (χ2v) is 8.17. The van der Waals surface area contributed by atoms with Gasteiger partial charge < -0.3 is 10.1 Å². The number of anilines is 1. The second-order valence-electron chi connectivity index (χ2n) is 5.75. The maximum absolute atomic E-state index is 12.2. The molecule has 2 rings (SSSR count). The number of carbonyl (C=O) groups is 1. The maximum atomic E-state index is 12.2. The third-order valence-electron chi connectivity index (χ3n) is 3.71. The van der Waals surface area contributed by atoms with E-state index in [0.717, 1.165) is 21.9 Å². The van der Waals surface area contributed by atoms with Crippen LogP contribution < -0.4 is 10.1 Å². The van der Waals surface area contributed by atoms with Crippen LogP contribution in [0.3, 0.4) is 0 Å². The van der Waals surface area contributed by atoms with E-state index in [-0.39, 0.29) is 13.1 Å². The molecule has 2 aromatic rings. The van der Waals surface area contributed by atoms with Crippen molar-refractivity contribution in [1.82, 2.24) is 4.31 Å². The van der Waals surface area contributed by atoms with Crippen LogP contribution in [0.5, 0.6) is 5.75 Å². The molecule has 0 aromatic heterocycles. The number of nitrogens with one attached hydrogen (secondary N) is 1. The van der Waals surface area contributed by atoms with Gasteiger partial charge in [-0.25, -0.2) is 8.42 Å². The summed E-state index contributed by atoms with van der Waals surface area (Å²) in [4.78, 5) is 12.2. The second kappa shape index (κ2) is 9.02. The van der Waals surface area contributed by atoms with Gasteiger partial charge >= 0.3 is 0 Å². The van der Waals surface area contributed by atoms with Crippen molar-refractivity contribution in [3.63, 3.8) is 0 Å². The molecule has 0 atom stereocenters. The van der Waals surface area contributed by atoms with E-state index in [1.807, 2.05) is 24.3 Å². The topological polar surface area (TPSA) is 75.7 Å². The number of rotatable bonds is 8. The predicted octanol–water partition coefficient (Wildman–Crippen LogP) is 2.79.